The molecule has 0 aromatic rings. The molecule has 0 unspecified atom stereocenters. The summed E-state index contributed by atoms with van der Waals surface area (Å²) in [5, 5.41) is 8.42. The van der Waals surface area contributed by atoms with Crippen molar-refractivity contribution in [2.24, 2.45) is 5.73 Å². The molecule has 0 spiro atoms. The van der Waals surface area contributed by atoms with Gasteiger partial charge < -0.3 is 15.7 Å². The molecule has 7 heteroatoms. The van der Waals surface area contributed by atoms with Gasteiger partial charge in [-0.25, -0.2) is 0 Å². The minimum absolute atomic E-state index is 0.177. The zero-order valence-electron chi connectivity index (χ0n) is 8.43. The number of likely N-dealkylation sites (N-methyl/N-ethyl adjacent to an activating group) is 1. The minimum atomic E-state index is -1.05. The van der Waals surface area contributed by atoms with E-state index in [0.717, 1.165) is 4.90 Å². The number of primary amides is 1. The number of thioether (sulfide) groups is 1. The second kappa shape index (κ2) is 7.10. The zero-order valence-corrected chi connectivity index (χ0v) is 9.25. The van der Waals surface area contributed by atoms with Gasteiger partial charge in [-0.1, -0.05) is 0 Å². The van der Waals surface area contributed by atoms with Crippen LogP contribution in [0.5, 0.6) is 0 Å². The summed E-state index contributed by atoms with van der Waals surface area (Å²) in [6, 6.07) is 0. The van der Waals surface area contributed by atoms with Gasteiger partial charge in [0.15, 0.2) is 0 Å². The molecule has 0 fully saturated rings. The lowest BCUT2D eigenvalue weighted by Gasteiger charge is -2.13. The maximum Gasteiger partial charge on any atom is 0.323 e. The SMILES string of the molecule is CN(CC(=O)O)C(=O)CCSCC(N)=O. The quantitative estimate of drug-likeness (QED) is 0.558. The largest absolute Gasteiger partial charge is 0.480 e. The Bertz CT molecular complexity index is 257. The predicted molar refractivity (Wildman–Crippen MR) is 56.4 cm³/mol. The zero-order chi connectivity index (χ0) is 11.8. The molecule has 0 saturated heterocycles. The van der Waals surface area contributed by atoms with E-state index in [9.17, 15) is 14.4 Å². The lowest BCUT2D eigenvalue weighted by Crippen LogP contribution is -2.32. The summed E-state index contributed by atoms with van der Waals surface area (Å²) in [6.07, 6.45) is 0.210. The van der Waals surface area contributed by atoms with Gasteiger partial charge >= 0.3 is 5.97 Å². The highest BCUT2D eigenvalue weighted by Crippen LogP contribution is 2.03. The fourth-order valence-corrected chi connectivity index (χ4v) is 1.48. The number of amides is 2. The third-order valence-electron chi connectivity index (χ3n) is 1.50. The molecule has 3 N–H and O–H groups in total. The molecule has 0 radical (unpaired) electrons. The Balaban J connectivity index is 3.64. The van der Waals surface area contributed by atoms with E-state index in [1.165, 1.54) is 18.8 Å². The molecule has 2 amide bonds. The van der Waals surface area contributed by atoms with E-state index in [1.807, 2.05) is 0 Å². The van der Waals surface area contributed by atoms with Crippen LogP contribution in [-0.4, -0.2) is 52.9 Å². The van der Waals surface area contributed by atoms with Crippen LogP contribution >= 0.6 is 11.8 Å². The van der Waals surface area contributed by atoms with Gasteiger partial charge in [-0.3, -0.25) is 14.4 Å². The molecular weight excluding hydrogens is 220 g/mol. The first-order chi connectivity index (χ1) is 6.93. The maximum absolute atomic E-state index is 11.3. The van der Waals surface area contributed by atoms with E-state index in [4.69, 9.17) is 10.8 Å². The Hall–Kier alpha value is -1.24. The molecule has 0 rings (SSSR count). The highest BCUT2D eigenvalue weighted by molar-refractivity contribution is 7.99. The number of carboxylic acid groups (broad SMARTS) is 1. The number of carbonyl (C=O) groups excluding carboxylic acids is 2. The maximum atomic E-state index is 11.3. The Morgan fingerprint density at radius 2 is 2.00 bits per heavy atom. The van der Waals surface area contributed by atoms with E-state index in [0.29, 0.717) is 5.75 Å². The number of hydrogen-bond acceptors (Lipinski definition) is 4. The number of aliphatic carboxylic acids is 1. The van der Waals surface area contributed by atoms with Gasteiger partial charge in [-0.2, -0.15) is 11.8 Å². The molecule has 0 aromatic heterocycles. The Kier molecular flexibility index (Phi) is 6.52. The van der Waals surface area contributed by atoms with E-state index >= 15 is 0 Å². The van der Waals surface area contributed by atoms with Crippen LogP contribution in [0.4, 0.5) is 0 Å². The first kappa shape index (κ1) is 13.8. The Labute approximate surface area is 91.8 Å². The van der Waals surface area contributed by atoms with Crippen LogP contribution in [-0.2, 0) is 14.4 Å². The molecule has 6 nitrogen and oxygen atoms in total. The number of nitrogens with zero attached hydrogens (tertiary/aromatic N) is 1. The molecule has 0 bridgehead atoms. The minimum Gasteiger partial charge on any atom is -0.480 e. The molecule has 0 heterocycles. The third kappa shape index (κ3) is 7.80. The summed E-state index contributed by atoms with van der Waals surface area (Å²) in [6.45, 7) is -0.306. The summed E-state index contributed by atoms with van der Waals surface area (Å²) < 4.78 is 0. The molecule has 86 valence electrons. The summed E-state index contributed by atoms with van der Waals surface area (Å²) in [7, 11) is 1.43. The normalized spacial score (nSPS) is 9.67. The average molecular weight is 234 g/mol. The molecule has 15 heavy (non-hydrogen) atoms. The monoisotopic (exact) mass is 234 g/mol. The molecule has 0 atom stereocenters. The van der Waals surface area contributed by atoms with Gasteiger partial charge in [-0.05, 0) is 0 Å². The van der Waals surface area contributed by atoms with Crippen LogP contribution in [0.25, 0.3) is 0 Å². The summed E-state index contributed by atoms with van der Waals surface area (Å²) in [5.41, 5.74) is 4.90. The number of nitrogens with two attached hydrogens (primary N) is 1. The van der Waals surface area contributed by atoms with E-state index in [-0.39, 0.29) is 24.6 Å². The van der Waals surface area contributed by atoms with Crippen LogP contribution in [0.15, 0.2) is 0 Å². The molecule has 0 aliphatic heterocycles. The summed E-state index contributed by atoms with van der Waals surface area (Å²) in [4.78, 5) is 33.0. The number of carboxylic acids is 1. The van der Waals surface area contributed by atoms with Crippen LogP contribution in [0.3, 0.4) is 0 Å². The fourth-order valence-electron chi connectivity index (χ4n) is 0.814. The number of carbonyl (C=O) groups is 3. The van der Waals surface area contributed by atoms with Crippen LogP contribution in [0.1, 0.15) is 6.42 Å². The van der Waals surface area contributed by atoms with Crippen molar-refractivity contribution in [2.45, 2.75) is 6.42 Å². The van der Waals surface area contributed by atoms with Crippen molar-refractivity contribution >= 4 is 29.5 Å². The standard InChI is InChI=1S/C8H14N2O4S/c1-10(4-8(13)14)7(12)2-3-15-5-6(9)11/h2-5H2,1H3,(H2,9,11)(H,13,14). The first-order valence-corrected chi connectivity index (χ1v) is 5.40. The molecule has 0 aliphatic carbocycles. The van der Waals surface area contributed by atoms with Crippen molar-refractivity contribution in [3.63, 3.8) is 0 Å². The second-order valence-corrected chi connectivity index (χ2v) is 4.02. The number of hydrogen-bond donors (Lipinski definition) is 2. The van der Waals surface area contributed by atoms with Crippen LogP contribution < -0.4 is 5.73 Å². The topological polar surface area (TPSA) is 101 Å². The van der Waals surface area contributed by atoms with E-state index in [2.05, 4.69) is 0 Å². The Morgan fingerprint density at radius 1 is 1.40 bits per heavy atom. The van der Waals surface area contributed by atoms with Crippen molar-refractivity contribution in [1.29, 1.82) is 0 Å². The first-order valence-electron chi connectivity index (χ1n) is 4.25. The molecular formula is C8H14N2O4S. The van der Waals surface area contributed by atoms with Gasteiger partial charge in [0, 0.05) is 19.2 Å². The molecule has 0 aliphatic rings. The lowest BCUT2D eigenvalue weighted by molar-refractivity contribution is -0.143. The van der Waals surface area contributed by atoms with Gasteiger partial charge in [0.25, 0.3) is 0 Å². The summed E-state index contributed by atoms with van der Waals surface area (Å²) >= 11 is 1.26. The van der Waals surface area contributed by atoms with Gasteiger partial charge in [0.2, 0.25) is 11.8 Å². The van der Waals surface area contributed by atoms with Crippen molar-refractivity contribution in [3.05, 3.63) is 0 Å². The third-order valence-corrected chi connectivity index (χ3v) is 2.48. The van der Waals surface area contributed by atoms with Gasteiger partial charge in [0.1, 0.15) is 6.54 Å². The van der Waals surface area contributed by atoms with Crippen molar-refractivity contribution in [1.82, 2.24) is 4.90 Å². The fraction of sp³-hybridized carbons (Fsp3) is 0.625. The smallest absolute Gasteiger partial charge is 0.323 e. The predicted octanol–water partition coefficient (Wildman–Crippen LogP) is -0.862. The lowest BCUT2D eigenvalue weighted by atomic mass is 10.4. The summed E-state index contributed by atoms with van der Waals surface area (Å²) in [5.74, 6) is -1.09. The van der Waals surface area contributed by atoms with Crippen molar-refractivity contribution in [3.8, 4) is 0 Å². The van der Waals surface area contributed by atoms with Crippen LogP contribution in [0.2, 0.25) is 0 Å². The highest BCUT2D eigenvalue weighted by atomic mass is 32.2. The van der Waals surface area contributed by atoms with E-state index < -0.39 is 11.9 Å². The average Bonchev–Trinajstić information content (AvgIpc) is 2.10. The molecule has 0 saturated carbocycles. The van der Waals surface area contributed by atoms with E-state index in [1.54, 1.807) is 0 Å². The molecule has 0 aromatic carbocycles. The second-order valence-electron chi connectivity index (χ2n) is 2.91. The Morgan fingerprint density at radius 3 is 2.47 bits per heavy atom. The highest BCUT2D eigenvalue weighted by Gasteiger charge is 2.11. The number of rotatable bonds is 7. The van der Waals surface area contributed by atoms with Crippen molar-refractivity contribution in [2.75, 3.05) is 25.1 Å². The van der Waals surface area contributed by atoms with Crippen molar-refractivity contribution < 1.29 is 19.5 Å². The van der Waals surface area contributed by atoms with Gasteiger partial charge in [-0.15, -0.1) is 0 Å². The van der Waals surface area contributed by atoms with Crippen LogP contribution in [0, 0.1) is 0 Å². The van der Waals surface area contributed by atoms with Gasteiger partial charge in [0.05, 0.1) is 5.75 Å².